The number of hydrogen-bond acceptors (Lipinski definition) is 5. The molecule has 5 nitrogen and oxygen atoms in total. The van der Waals surface area contributed by atoms with Gasteiger partial charge in [-0.2, -0.15) is 0 Å². The molecule has 0 aliphatic carbocycles. The van der Waals surface area contributed by atoms with E-state index in [4.69, 9.17) is 14.2 Å². The summed E-state index contributed by atoms with van der Waals surface area (Å²) in [5.74, 6) is -0.409. The van der Waals surface area contributed by atoms with Gasteiger partial charge in [0.25, 0.3) is 0 Å². The minimum atomic E-state index is -0.668. The molecular formula is C20H30O5. The van der Waals surface area contributed by atoms with Gasteiger partial charge in [0.05, 0.1) is 11.7 Å². The van der Waals surface area contributed by atoms with Crippen LogP contribution in [0.25, 0.3) is 0 Å². The first-order valence-corrected chi connectivity index (χ1v) is 9.38. The maximum Gasteiger partial charge on any atom is 0.338 e. The number of aliphatic hydroxyl groups is 1. The lowest BCUT2D eigenvalue weighted by Gasteiger charge is -2.15. The van der Waals surface area contributed by atoms with Crippen LogP contribution in [0.2, 0.25) is 0 Å². The van der Waals surface area contributed by atoms with Crippen molar-refractivity contribution < 1.29 is 24.1 Å². The van der Waals surface area contributed by atoms with E-state index in [0.717, 1.165) is 12.8 Å². The van der Waals surface area contributed by atoms with Gasteiger partial charge in [-0.25, -0.2) is 4.79 Å². The van der Waals surface area contributed by atoms with Crippen LogP contribution in [0, 0.1) is 0 Å². The summed E-state index contributed by atoms with van der Waals surface area (Å²) in [7, 11) is 0. The monoisotopic (exact) mass is 350 g/mol. The summed E-state index contributed by atoms with van der Waals surface area (Å²) < 4.78 is 16.6. The van der Waals surface area contributed by atoms with Crippen molar-refractivity contribution in [3.05, 3.63) is 35.9 Å². The number of rotatable bonds is 11. The molecule has 0 saturated carbocycles. The molecule has 0 unspecified atom stereocenters. The van der Waals surface area contributed by atoms with Gasteiger partial charge in [0.2, 0.25) is 0 Å². The summed E-state index contributed by atoms with van der Waals surface area (Å²) in [5.41, 5.74) is 0.492. The summed E-state index contributed by atoms with van der Waals surface area (Å²) in [6, 6.07) is 8.79. The predicted octanol–water partition coefficient (Wildman–Crippen LogP) is 3.70. The second kappa shape index (κ2) is 11.2. The average Bonchev–Trinajstić information content (AvgIpc) is 2.99. The molecule has 5 heteroatoms. The van der Waals surface area contributed by atoms with Crippen LogP contribution in [0.3, 0.4) is 0 Å². The van der Waals surface area contributed by atoms with Gasteiger partial charge >= 0.3 is 5.97 Å². The van der Waals surface area contributed by atoms with Crippen LogP contribution in [-0.4, -0.2) is 42.8 Å². The van der Waals surface area contributed by atoms with Crippen molar-refractivity contribution in [2.75, 3.05) is 13.2 Å². The van der Waals surface area contributed by atoms with Crippen LogP contribution >= 0.6 is 0 Å². The third-order valence-corrected chi connectivity index (χ3v) is 4.38. The van der Waals surface area contributed by atoms with E-state index in [1.165, 1.54) is 25.7 Å². The summed E-state index contributed by atoms with van der Waals surface area (Å²) in [6.45, 7) is 2.88. The highest BCUT2D eigenvalue weighted by Gasteiger charge is 2.35. The highest BCUT2D eigenvalue weighted by Crippen LogP contribution is 2.22. The predicted molar refractivity (Wildman–Crippen MR) is 95.3 cm³/mol. The summed E-state index contributed by atoms with van der Waals surface area (Å²) in [4.78, 5) is 11.9. The normalized spacial score (nSPS) is 22.9. The quantitative estimate of drug-likeness (QED) is 0.487. The van der Waals surface area contributed by atoms with E-state index in [2.05, 4.69) is 6.92 Å². The molecular weight excluding hydrogens is 320 g/mol. The molecule has 0 spiro atoms. The Hall–Kier alpha value is -1.43. The average molecular weight is 350 g/mol. The van der Waals surface area contributed by atoms with Crippen LogP contribution in [0.1, 0.15) is 62.2 Å². The van der Waals surface area contributed by atoms with Gasteiger partial charge in [-0.3, -0.25) is 0 Å². The highest BCUT2D eigenvalue weighted by molar-refractivity contribution is 5.89. The Labute approximate surface area is 150 Å². The Morgan fingerprint density at radius 1 is 1.16 bits per heavy atom. The SMILES string of the molecule is CCCCCCCCO[C@H]1C[C@@H](O)[C@@H](COC(=O)c2ccccc2)O1. The van der Waals surface area contributed by atoms with Gasteiger partial charge < -0.3 is 19.3 Å². The van der Waals surface area contributed by atoms with Crippen molar-refractivity contribution in [1.82, 2.24) is 0 Å². The van der Waals surface area contributed by atoms with Crippen molar-refractivity contribution in [3.8, 4) is 0 Å². The van der Waals surface area contributed by atoms with Crippen molar-refractivity contribution in [3.63, 3.8) is 0 Å². The first kappa shape index (κ1) is 19.9. The number of carbonyl (C=O) groups is 1. The lowest BCUT2D eigenvalue weighted by atomic mass is 10.1. The van der Waals surface area contributed by atoms with Crippen LogP contribution in [0.4, 0.5) is 0 Å². The second-order valence-electron chi connectivity index (χ2n) is 6.51. The molecule has 0 radical (unpaired) electrons. The molecule has 1 fully saturated rings. The van der Waals surface area contributed by atoms with Gasteiger partial charge in [0.15, 0.2) is 6.29 Å². The number of ether oxygens (including phenoxy) is 3. The molecule has 1 aromatic carbocycles. The van der Waals surface area contributed by atoms with Crippen LogP contribution in [0.5, 0.6) is 0 Å². The fourth-order valence-corrected chi connectivity index (χ4v) is 2.86. The number of benzene rings is 1. The fraction of sp³-hybridized carbons (Fsp3) is 0.650. The Morgan fingerprint density at radius 3 is 2.64 bits per heavy atom. The van der Waals surface area contributed by atoms with E-state index in [1.807, 2.05) is 6.07 Å². The van der Waals surface area contributed by atoms with E-state index >= 15 is 0 Å². The molecule has 1 heterocycles. The maximum absolute atomic E-state index is 11.9. The zero-order valence-electron chi connectivity index (χ0n) is 15.1. The molecule has 1 aliphatic heterocycles. The molecule has 0 bridgehead atoms. The van der Waals surface area contributed by atoms with E-state index in [1.54, 1.807) is 24.3 Å². The van der Waals surface area contributed by atoms with E-state index in [-0.39, 0.29) is 6.61 Å². The largest absolute Gasteiger partial charge is 0.459 e. The third kappa shape index (κ3) is 7.14. The molecule has 1 aromatic rings. The molecule has 140 valence electrons. The first-order valence-electron chi connectivity index (χ1n) is 9.38. The summed E-state index contributed by atoms with van der Waals surface area (Å²) >= 11 is 0. The zero-order valence-corrected chi connectivity index (χ0v) is 15.1. The van der Waals surface area contributed by atoms with Gasteiger partial charge in [-0.15, -0.1) is 0 Å². The lowest BCUT2D eigenvalue weighted by molar-refractivity contribution is -0.144. The zero-order chi connectivity index (χ0) is 17.9. The van der Waals surface area contributed by atoms with Crippen LogP contribution in [-0.2, 0) is 14.2 Å². The van der Waals surface area contributed by atoms with Gasteiger partial charge in [0.1, 0.15) is 12.7 Å². The molecule has 25 heavy (non-hydrogen) atoms. The van der Waals surface area contributed by atoms with Crippen LogP contribution < -0.4 is 0 Å². The smallest absolute Gasteiger partial charge is 0.338 e. The summed E-state index contributed by atoms with van der Waals surface area (Å²) in [6.07, 6.45) is 6.05. The number of unbranched alkanes of at least 4 members (excludes halogenated alkanes) is 5. The number of esters is 1. The number of carbonyl (C=O) groups excluding carboxylic acids is 1. The van der Waals surface area contributed by atoms with E-state index in [9.17, 15) is 9.90 Å². The van der Waals surface area contributed by atoms with Gasteiger partial charge in [-0.1, -0.05) is 57.2 Å². The minimum absolute atomic E-state index is 0.0335. The lowest BCUT2D eigenvalue weighted by Crippen LogP contribution is -2.28. The highest BCUT2D eigenvalue weighted by atomic mass is 16.7. The minimum Gasteiger partial charge on any atom is -0.459 e. The summed E-state index contributed by atoms with van der Waals surface area (Å²) in [5, 5.41) is 10.0. The Kier molecular flexibility index (Phi) is 8.94. The molecule has 3 atom stereocenters. The molecule has 1 N–H and O–H groups in total. The van der Waals surface area contributed by atoms with Crippen molar-refractivity contribution in [2.45, 2.75) is 70.4 Å². The molecule has 1 saturated heterocycles. The topological polar surface area (TPSA) is 65.0 Å². The molecule has 1 aliphatic rings. The number of hydrogen-bond donors (Lipinski definition) is 1. The Bertz CT molecular complexity index is 490. The molecule has 2 rings (SSSR count). The second-order valence-corrected chi connectivity index (χ2v) is 6.51. The molecule has 0 amide bonds. The van der Waals surface area contributed by atoms with Gasteiger partial charge in [0, 0.05) is 13.0 Å². The Balaban J connectivity index is 1.60. The van der Waals surface area contributed by atoms with Crippen molar-refractivity contribution in [1.29, 1.82) is 0 Å². The first-order chi connectivity index (χ1) is 12.2. The standard InChI is InChI=1S/C20H30O5/c1-2-3-4-5-6-10-13-23-19-14-17(21)18(25-19)15-24-20(22)16-11-8-7-9-12-16/h7-9,11-12,17-19,21H,2-6,10,13-15H2,1H3/t17-,18-,19-/m1/s1. The van der Waals surface area contributed by atoms with E-state index in [0.29, 0.717) is 18.6 Å². The molecule has 0 aromatic heterocycles. The fourth-order valence-electron chi connectivity index (χ4n) is 2.86. The maximum atomic E-state index is 11.9. The van der Waals surface area contributed by atoms with Crippen LogP contribution in [0.15, 0.2) is 30.3 Å². The van der Waals surface area contributed by atoms with E-state index < -0.39 is 24.5 Å². The number of aliphatic hydroxyl groups excluding tert-OH is 1. The van der Waals surface area contributed by atoms with Gasteiger partial charge in [-0.05, 0) is 18.6 Å². The van der Waals surface area contributed by atoms with Crippen molar-refractivity contribution >= 4 is 5.97 Å². The van der Waals surface area contributed by atoms with Crippen molar-refractivity contribution in [2.24, 2.45) is 0 Å². The third-order valence-electron chi connectivity index (χ3n) is 4.38. The Morgan fingerprint density at radius 2 is 1.88 bits per heavy atom.